The molecule has 33 heavy (non-hydrogen) atoms. The van der Waals surface area contributed by atoms with Gasteiger partial charge in [0.25, 0.3) is 0 Å². The molecule has 1 atom stereocenters. The average molecular weight is 479 g/mol. The number of nitrogens with one attached hydrogen (secondary N) is 1. The van der Waals surface area contributed by atoms with Crippen LogP contribution in [0.5, 0.6) is 0 Å². The largest absolute Gasteiger partial charge is 0.444 e. The van der Waals surface area contributed by atoms with E-state index in [-0.39, 0.29) is 5.56 Å². The van der Waals surface area contributed by atoms with Crippen LogP contribution in [0.2, 0.25) is 0 Å². The summed E-state index contributed by atoms with van der Waals surface area (Å²) in [5.41, 5.74) is 5.37. The van der Waals surface area contributed by atoms with Crippen molar-refractivity contribution in [3.05, 3.63) is 51.7 Å². The minimum absolute atomic E-state index is 0.204. The SMILES string of the molecule is CC(C)(C)OC(=O)N[C@@H](Cc1cccs1)C(N)=O.N#Cc1cc(F)c(F)cc1N1CCCC1. The van der Waals surface area contributed by atoms with Crippen molar-refractivity contribution in [2.75, 3.05) is 18.0 Å². The van der Waals surface area contributed by atoms with Crippen LogP contribution < -0.4 is 16.0 Å². The van der Waals surface area contributed by atoms with E-state index in [1.165, 1.54) is 11.3 Å². The number of carbonyl (C=O) groups excluding carboxylic acids is 2. The molecule has 0 unspecified atom stereocenters. The van der Waals surface area contributed by atoms with Gasteiger partial charge in [-0.1, -0.05) is 6.07 Å². The number of amides is 2. The summed E-state index contributed by atoms with van der Waals surface area (Å²) in [4.78, 5) is 25.7. The van der Waals surface area contributed by atoms with E-state index in [2.05, 4.69) is 5.32 Å². The summed E-state index contributed by atoms with van der Waals surface area (Å²) in [5, 5.41) is 13.2. The number of thiophene rings is 1. The third kappa shape index (κ3) is 8.35. The minimum atomic E-state index is -0.963. The molecule has 2 aromatic rings. The number of primary amides is 1. The Labute approximate surface area is 196 Å². The Kier molecular flexibility index (Phi) is 9.17. The summed E-state index contributed by atoms with van der Waals surface area (Å²) in [5.74, 6) is -2.43. The first-order chi connectivity index (χ1) is 15.5. The van der Waals surface area contributed by atoms with Crippen molar-refractivity contribution < 1.29 is 23.1 Å². The molecule has 2 heterocycles. The van der Waals surface area contributed by atoms with E-state index < -0.39 is 35.3 Å². The number of halogens is 2. The quantitative estimate of drug-likeness (QED) is 0.672. The Morgan fingerprint density at radius 1 is 1.27 bits per heavy atom. The van der Waals surface area contributed by atoms with E-state index in [1.807, 2.05) is 28.5 Å². The number of nitriles is 1. The van der Waals surface area contributed by atoms with Gasteiger partial charge in [0.1, 0.15) is 17.7 Å². The van der Waals surface area contributed by atoms with Gasteiger partial charge in [-0.25, -0.2) is 13.6 Å². The monoisotopic (exact) mass is 478 g/mol. The minimum Gasteiger partial charge on any atom is -0.444 e. The van der Waals surface area contributed by atoms with Crippen molar-refractivity contribution in [1.29, 1.82) is 5.26 Å². The van der Waals surface area contributed by atoms with Crippen molar-refractivity contribution in [2.24, 2.45) is 5.73 Å². The molecule has 2 amide bonds. The predicted molar refractivity (Wildman–Crippen MR) is 123 cm³/mol. The van der Waals surface area contributed by atoms with Gasteiger partial charge in [0, 0.05) is 30.5 Å². The Morgan fingerprint density at radius 2 is 1.91 bits per heavy atom. The maximum Gasteiger partial charge on any atom is 0.408 e. The van der Waals surface area contributed by atoms with Crippen LogP contribution in [-0.4, -0.2) is 36.7 Å². The molecule has 0 spiro atoms. The van der Waals surface area contributed by atoms with Crippen LogP contribution in [0, 0.1) is 23.0 Å². The van der Waals surface area contributed by atoms with Crippen molar-refractivity contribution in [3.8, 4) is 6.07 Å². The zero-order valence-corrected chi connectivity index (χ0v) is 19.7. The summed E-state index contributed by atoms with van der Waals surface area (Å²) in [6.45, 7) is 6.88. The lowest BCUT2D eigenvalue weighted by molar-refractivity contribution is -0.120. The number of anilines is 1. The van der Waals surface area contributed by atoms with Gasteiger partial charge in [-0.15, -0.1) is 11.3 Å². The maximum absolute atomic E-state index is 13.0. The number of hydrogen-bond acceptors (Lipinski definition) is 6. The summed E-state index contributed by atoms with van der Waals surface area (Å²) in [7, 11) is 0. The van der Waals surface area contributed by atoms with Crippen molar-refractivity contribution >= 4 is 29.0 Å². The second-order valence-corrected chi connectivity index (χ2v) is 9.51. The Bertz CT molecular complexity index is 994. The molecule has 1 saturated heterocycles. The fourth-order valence-electron chi connectivity index (χ4n) is 3.15. The standard InChI is InChI=1S/C12H18N2O3S.C11H10F2N2/c1-12(2,3)17-11(16)14-9(10(13)15)7-8-5-4-6-18-8;12-9-5-8(7-14)11(6-10(9)13)15-3-1-2-4-15/h4-6,9H,7H2,1-3H3,(H2,13,15)(H,14,16);5-6H,1-4H2/t9-;/m0./s1. The molecule has 3 N–H and O–H groups in total. The van der Waals surface area contributed by atoms with Crippen LogP contribution in [0.25, 0.3) is 0 Å². The number of rotatable bonds is 5. The van der Waals surface area contributed by atoms with Crippen LogP contribution in [0.15, 0.2) is 29.6 Å². The van der Waals surface area contributed by atoms with E-state index in [9.17, 15) is 18.4 Å². The Balaban J connectivity index is 0.000000237. The molecular formula is C23H28F2N4O3S. The number of nitrogens with two attached hydrogens (primary N) is 1. The zero-order chi connectivity index (χ0) is 24.6. The highest BCUT2D eigenvalue weighted by atomic mass is 32.1. The number of benzene rings is 1. The summed E-state index contributed by atoms with van der Waals surface area (Å²) in [6.07, 6.45) is 1.81. The van der Waals surface area contributed by atoms with Crippen LogP contribution in [0.3, 0.4) is 0 Å². The van der Waals surface area contributed by atoms with E-state index >= 15 is 0 Å². The normalized spacial score (nSPS) is 14.0. The molecule has 1 aliphatic rings. The van der Waals surface area contributed by atoms with Crippen molar-refractivity contribution in [3.63, 3.8) is 0 Å². The maximum atomic E-state index is 13.0. The molecule has 7 nitrogen and oxygen atoms in total. The molecule has 1 fully saturated rings. The van der Waals surface area contributed by atoms with E-state index in [0.717, 1.165) is 42.9 Å². The van der Waals surface area contributed by atoms with E-state index in [1.54, 1.807) is 20.8 Å². The molecule has 0 radical (unpaired) electrons. The molecule has 10 heteroatoms. The van der Waals surface area contributed by atoms with Crippen molar-refractivity contribution in [1.82, 2.24) is 5.32 Å². The lowest BCUT2D eigenvalue weighted by Gasteiger charge is -2.22. The second kappa shape index (κ2) is 11.6. The smallest absolute Gasteiger partial charge is 0.408 e. The van der Waals surface area contributed by atoms with Gasteiger partial charge in [-0.05, 0) is 51.1 Å². The first-order valence-electron chi connectivity index (χ1n) is 10.5. The van der Waals surface area contributed by atoms with Crippen molar-refractivity contribution in [2.45, 2.75) is 51.7 Å². The van der Waals surface area contributed by atoms with Crippen LogP contribution >= 0.6 is 11.3 Å². The van der Waals surface area contributed by atoms with E-state index in [4.69, 9.17) is 15.7 Å². The van der Waals surface area contributed by atoms with Gasteiger partial charge >= 0.3 is 6.09 Å². The van der Waals surface area contributed by atoms with Crippen LogP contribution in [0.1, 0.15) is 44.1 Å². The summed E-state index contributed by atoms with van der Waals surface area (Å²) >= 11 is 1.51. The number of nitrogens with zero attached hydrogens (tertiary/aromatic N) is 2. The third-order valence-corrected chi connectivity index (χ3v) is 5.52. The Morgan fingerprint density at radius 3 is 2.42 bits per heavy atom. The topological polar surface area (TPSA) is 108 Å². The van der Waals surface area contributed by atoms with Gasteiger partial charge in [-0.2, -0.15) is 5.26 Å². The lowest BCUT2D eigenvalue weighted by Crippen LogP contribution is -2.47. The summed E-state index contributed by atoms with van der Waals surface area (Å²) in [6, 6.07) is 6.98. The van der Waals surface area contributed by atoms with Gasteiger partial charge in [0.2, 0.25) is 5.91 Å². The number of ether oxygens (including phenoxy) is 1. The highest BCUT2D eigenvalue weighted by Crippen LogP contribution is 2.26. The molecule has 178 valence electrons. The van der Waals surface area contributed by atoms with E-state index in [0.29, 0.717) is 12.1 Å². The molecule has 0 saturated carbocycles. The fraction of sp³-hybridized carbons (Fsp3) is 0.435. The van der Waals surface area contributed by atoms with Gasteiger partial charge in [-0.3, -0.25) is 4.79 Å². The molecule has 1 aromatic carbocycles. The Hall–Kier alpha value is -3.19. The van der Waals surface area contributed by atoms with Crippen LogP contribution in [0.4, 0.5) is 19.3 Å². The molecular weight excluding hydrogens is 450 g/mol. The predicted octanol–water partition coefficient (Wildman–Crippen LogP) is 4.11. The number of carbonyl (C=O) groups is 2. The molecule has 3 rings (SSSR count). The zero-order valence-electron chi connectivity index (χ0n) is 18.9. The molecule has 1 aliphatic heterocycles. The van der Waals surface area contributed by atoms with Gasteiger partial charge < -0.3 is 20.7 Å². The average Bonchev–Trinajstić information content (AvgIpc) is 3.42. The number of alkyl carbamates (subject to hydrolysis) is 1. The first kappa shape index (κ1) is 26.1. The summed E-state index contributed by atoms with van der Waals surface area (Å²) < 4.78 is 31.0. The highest BCUT2D eigenvalue weighted by Gasteiger charge is 2.23. The second-order valence-electron chi connectivity index (χ2n) is 8.47. The van der Waals surface area contributed by atoms with Gasteiger partial charge in [0.05, 0.1) is 11.3 Å². The first-order valence-corrected chi connectivity index (χ1v) is 11.3. The van der Waals surface area contributed by atoms with Crippen LogP contribution in [-0.2, 0) is 16.0 Å². The third-order valence-electron chi connectivity index (χ3n) is 4.63. The lowest BCUT2D eigenvalue weighted by atomic mass is 10.1. The highest BCUT2D eigenvalue weighted by molar-refractivity contribution is 7.09. The van der Waals surface area contributed by atoms with Gasteiger partial charge in [0.15, 0.2) is 11.6 Å². The molecule has 1 aromatic heterocycles. The fourth-order valence-corrected chi connectivity index (χ4v) is 3.90. The number of hydrogen-bond donors (Lipinski definition) is 2. The molecule has 0 aliphatic carbocycles. The molecule has 0 bridgehead atoms.